The van der Waals surface area contributed by atoms with Crippen molar-refractivity contribution < 1.29 is 14.4 Å². The number of nitrogens with zero attached hydrogens (tertiary/aromatic N) is 3. The number of carbonyl (C=O) groups is 1. The standard InChI is InChI=1S/C21H24ClN5O3/c1-29-27-19-6-3-15(22)9-14(19)11-23-12-20(28)24-7-2-8-30-16-4-5-18-17(10-16)21(27)26-13-25-18/h4-5,9-11,13,19,23H,2-3,6-8,12H2,1H3,(H,24,28)/b14-11+. The number of benzene rings is 1. The van der Waals surface area contributed by atoms with Crippen LogP contribution >= 0.6 is 11.6 Å². The van der Waals surface area contributed by atoms with E-state index < -0.39 is 0 Å². The maximum Gasteiger partial charge on any atom is 0.239 e. The highest BCUT2D eigenvalue weighted by Crippen LogP contribution is 2.34. The summed E-state index contributed by atoms with van der Waals surface area (Å²) in [7, 11) is 1.62. The Hall–Kier alpha value is -2.84. The van der Waals surface area contributed by atoms with Gasteiger partial charge in [-0.25, -0.2) is 15.0 Å². The molecule has 2 N–H and O–H groups in total. The van der Waals surface area contributed by atoms with E-state index in [-0.39, 0.29) is 18.5 Å². The fraction of sp³-hybridized carbons (Fsp3) is 0.381. The zero-order chi connectivity index (χ0) is 20.9. The molecule has 4 rings (SSSR count). The maximum absolute atomic E-state index is 12.1. The average molecular weight is 430 g/mol. The molecule has 0 radical (unpaired) electrons. The van der Waals surface area contributed by atoms with Gasteiger partial charge in [-0.3, -0.25) is 9.63 Å². The zero-order valence-corrected chi connectivity index (χ0v) is 17.5. The van der Waals surface area contributed by atoms with Gasteiger partial charge in [-0.05, 0) is 49.1 Å². The van der Waals surface area contributed by atoms with Crippen LogP contribution in [0.4, 0.5) is 5.82 Å². The van der Waals surface area contributed by atoms with Crippen LogP contribution in [0.15, 0.2) is 47.4 Å². The van der Waals surface area contributed by atoms with E-state index in [1.54, 1.807) is 12.2 Å². The largest absolute Gasteiger partial charge is 0.494 e. The molecule has 2 aromatic rings. The van der Waals surface area contributed by atoms with Crippen LogP contribution in [0, 0.1) is 0 Å². The number of ether oxygens (including phenoxy) is 1. The Morgan fingerprint density at radius 1 is 1.33 bits per heavy atom. The van der Waals surface area contributed by atoms with E-state index >= 15 is 0 Å². The van der Waals surface area contributed by atoms with Crippen LogP contribution in [-0.4, -0.2) is 48.7 Å². The molecule has 0 spiro atoms. The van der Waals surface area contributed by atoms with Gasteiger partial charge in [-0.15, -0.1) is 0 Å². The lowest BCUT2D eigenvalue weighted by Crippen LogP contribution is -2.39. The number of carbonyl (C=O) groups excluding carboxylic acids is 1. The molecule has 1 aliphatic carbocycles. The predicted molar refractivity (Wildman–Crippen MR) is 115 cm³/mol. The highest BCUT2D eigenvalue weighted by atomic mass is 35.5. The molecule has 2 aliphatic rings. The molecule has 0 saturated carbocycles. The molecule has 1 aliphatic heterocycles. The minimum absolute atomic E-state index is 0.0792. The summed E-state index contributed by atoms with van der Waals surface area (Å²) < 4.78 is 5.87. The molecule has 8 nitrogen and oxygen atoms in total. The molecule has 158 valence electrons. The van der Waals surface area contributed by atoms with Crippen LogP contribution in [0.1, 0.15) is 19.3 Å². The quantitative estimate of drug-likeness (QED) is 0.720. The lowest BCUT2D eigenvalue weighted by molar-refractivity contribution is -0.120. The van der Waals surface area contributed by atoms with E-state index in [9.17, 15) is 4.79 Å². The van der Waals surface area contributed by atoms with Crippen LogP contribution in [-0.2, 0) is 9.63 Å². The van der Waals surface area contributed by atoms with Crippen molar-refractivity contribution in [3.8, 4) is 5.75 Å². The van der Waals surface area contributed by atoms with Crippen LogP contribution < -0.4 is 20.4 Å². The van der Waals surface area contributed by atoms with Gasteiger partial charge in [-0.2, -0.15) is 0 Å². The first-order chi connectivity index (χ1) is 14.7. The molecule has 0 saturated heterocycles. The Kier molecular flexibility index (Phi) is 6.35. The van der Waals surface area contributed by atoms with Crippen molar-refractivity contribution in [3.05, 3.63) is 47.4 Å². The van der Waals surface area contributed by atoms with Crippen LogP contribution in [0.2, 0.25) is 0 Å². The number of allylic oxidation sites excluding steroid dienone is 1. The third kappa shape index (κ3) is 4.49. The number of halogens is 1. The van der Waals surface area contributed by atoms with Gasteiger partial charge in [0.15, 0.2) is 5.82 Å². The van der Waals surface area contributed by atoms with E-state index in [2.05, 4.69) is 20.6 Å². The molecule has 30 heavy (non-hydrogen) atoms. The lowest BCUT2D eigenvalue weighted by atomic mass is 9.96. The number of hydrogen-bond acceptors (Lipinski definition) is 7. The molecular weight excluding hydrogens is 406 g/mol. The molecule has 1 aromatic carbocycles. The van der Waals surface area contributed by atoms with Gasteiger partial charge in [0.1, 0.15) is 12.1 Å². The summed E-state index contributed by atoms with van der Waals surface area (Å²) in [6.07, 6.45) is 7.43. The van der Waals surface area contributed by atoms with Gasteiger partial charge in [-0.1, -0.05) is 11.6 Å². The van der Waals surface area contributed by atoms with Crippen molar-refractivity contribution >= 4 is 34.2 Å². The first-order valence-electron chi connectivity index (χ1n) is 9.93. The zero-order valence-electron chi connectivity index (χ0n) is 16.7. The summed E-state index contributed by atoms with van der Waals surface area (Å²) in [5.74, 6) is 1.29. The van der Waals surface area contributed by atoms with E-state index in [1.807, 2.05) is 30.5 Å². The fourth-order valence-electron chi connectivity index (χ4n) is 3.64. The summed E-state index contributed by atoms with van der Waals surface area (Å²) in [6.45, 7) is 1.21. The van der Waals surface area contributed by atoms with E-state index in [1.165, 1.54) is 6.33 Å². The number of amides is 1. The van der Waals surface area contributed by atoms with E-state index in [0.717, 1.165) is 40.1 Å². The highest BCUT2D eigenvalue weighted by molar-refractivity contribution is 6.29. The smallest absolute Gasteiger partial charge is 0.239 e. The lowest BCUT2D eigenvalue weighted by Gasteiger charge is -2.34. The number of aromatic nitrogens is 2. The Morgan fingerprint density at radius 2 is 2.23 bits per heavy atom. The van der Waals surface area contributed by atoms with Crippen molar-refractivity contribution in [1.82, 2.24) is 20.6 Å². The summed E-state index contributed by atoms with van der Waals surface area (Å²) in [5.41, 5.74) is 1.71. The first-order valence-corrected chi connectivity index (χ1v) is 10.3. The van der Waals surface area contributed by atoms with Crippen molar-refractivity contribution in [2.24, 2.45) is 0 Å². The third-order valence-corrected chi connectivity index (χ3v) is 5.38. The number of anilines is 1. The van der Waals surface area contributed by atoms with Crippen molar-refractivity contribution in [2.75, 3.05) is 31.9 Å². The van der Waals surface area contributed by atoms with Crippen molar-refractivity contribution in [1.29, 1.82) is 0 Å². The number of rotatable bonds is 1. The van der Waals surface area contributed by atoms with Gasteiger partial charge < -0.3 is 15.4 Å². The second-order valence-corrected chi connectivity index (χ2v) is 7.59. The topological polar surface area (TPSA) is 88.6 Å². The second-order valence-electron chi connectivity index (χ2n) is 7.11. The Labute approximate surface area is 179 Å². The van der Waals surface area contributed by atoms with Crippen LogP contribution in [0.3, 0.4) is 0 Å². The Bertz CT molecular complexity index is 994. The molecule has 1 amide bonds. The molecule has 1 unspecified atom stereocenters. The van der Waals surface area contributed by atoms with E-state index in [4.69, 9.17) is 21.2 Å². The van der Waals surface area contributed by atoms with Gasteiger partial charge >= 0.3 is 0 Å². The fourth-order valence-corrected chi connectivity index (χ4v) is 3.88. The predicted octanol–water partition coefficient (Wildman–Crippen LogP) is 2.65. The highest BCUT2D eigenvalue weighted by Gasteiger charge is 2.28. The van der Waals surface area contributed by atoms with Crippen LogP contribution in [0.25, 0.3) is 10.9 Å². The number of hydroxylamine groups is 1. The molecule has 2 bridgehead atoms. The molecular formula is C21H24ClN5O3. The monoisotopic (exact) mass is 429 g/mol. The van der Waals surface area contributed by atoms with E-state index in [0.29, 0.717) is 25.4 Å². The first kappa shape index (κ1) is 20.4. The van der Waals surface area contributed by atoms with Gasteiger partial charge in [0.2, 0.25) is 5.91 Å². The molecule has 1 aromatic heterocycles. The van der Waals surface area contributed by atoms with Gasteiger partial charge in [0.25, 0.3) is 0 Å². The number of hydrogen-bond donors (Lipinski definition) is 2. The van der Waals surface area contributed by atoms with Gasteiger partial charge in [0.05, 0.1) is 31.8 Å². The van der Waals surface area contributed by atoms with Gasteiger partial charge in [0, 0.05) is 23.2 Å². The van der Waals surface area contributed by atoms with Crippen molar-refractivity contribution in [3.63, 3.8) is 0 Å². The summed E-state index contributed by atoms with van der Waals surface area (Å²) in [4.78, 5) is 26.7. The summed E-state index contributed by atoms with van der Waals surface area (Å²) in [6, 6.07) is 5.58. The van der Waals surface area contributed by atoms with Crippen LogP contribution in [0.5, 0.6) is 5.75 Å². The minimum atomic E-state index is -0.136. The average Bonchev–Trinajstić information content (AvgIpc) is 2.75. The minimum Gasteiger partial charge on any atom is -0.494 e. The molecule has 1 atom stereocenters. The molecule has 0 fully saturated rings. The third-order valence-electron chi connectivity index (χ3n) is 5.08. The number of nitrogens with one attached hydrogen (secondary N) is 2. The SMILES string of the molecule is CON1c2ncnc3ccc(cc23)OCCCNC(=O)CN/C=C2\C=C(Cl)CCC21. The summed E-state index contributed by atoms with van der Waals surface area (Å²) >= 11 is 6.32. The molecule has 2 heterocycles. The Morgan fingerprint density at radius 3 is 3.10 bits per heavy atom. The second kappa shape index (κ2) is 9.32. The Balaban J connectivity index is 1.79. The van der Waals surface area contributed by atoms with Crippen molar-refractivity contribution in [2.45, 2.75) is 25.3 Å². The summed E-state index contributed by atoms with van der Waals surface area (Å²) in [5, 5.41) is 9.34. The number of fused-ring (bicyclic) bond motifs is 2. The molecule has 9 heteroatoms. The normalized spacial score (nSPS) is 22.3. The maximum atomic E-state index is 12.1.